The Balaban J connectivity index is 1.36. The lowest BCUT2D eigenvalue weighted by Gasteiger charge is -2.13. The number of hydrogen-bond donors (Lipinski definition) is 1. The third kappa shape index (κ3) is 6.06. The second-order valence-corrected chi connectivity index (χ2v) is 8.06. The van der Waals surface area contributed by atoms with Gasteiger partial charge in [0, 0.05) is 18.9 Å². The molecule has 0 saturated heterocycles. The van der Waals surface area contributed by atoms with E-state index in [0.717, 1.165) is 53.3 Å². The van der Waals surface area contributed by atoms with Crippen molar-refractivity contribution in [2.75, 3.05) is 13.7 Å². The summed E-state index contributed by atoms with van der Waals surface area (Å²) in [4.78, 5) is 21.2. The number of methoxy groups -OCH3 is 1. The molecule has 1 amide bonds. The summed E-state index contributed by atoms with van der Waals surface area (Å²) in [6, 6.07) is 17.5. The molecule has 0 fully saturated rings. The molecular formula is C28H30N4O3. The topological polar surface area (TPSA) is 78.3 Å². The van der Waals surface area contributed by atoms with Crippen molar-refractivity contribution in [1.29, 1.82) is 0 Å². The van der Waals surface area contributed by atoms with Crippen molar-refractivity contribution in [3.8, 4) is 11.5 Å². The van der Waals surface area contributed by atoms with Gasteiger partial charge in [-0.2, -0.15) is 0 Å². The minimum atomic E-state index is -0.167. The molecule has 7 nitrogen and oxygen atoms in total. The number of aromatic nitrogens is 3. The fourth-order valence-electron chi connectivity index (χ4n) is 3.92. The summed E-state index contributed by atoms with van der Waals surface area (Å²) >= 11 is 0. The fraction of sp³-hybridized carbons (Fsp3) is 0.250. The Bertz CT molecular complexity index is 1300. The first-order chi connectivity index (χ1) is 17.2. The number of aryl methyl sites for hydroxylation is 1. The smallest absolute Gasteiger partial charge is 0.253 e. The Kier molecular flexibility index (Phi) is 8.12. The van der Waals surface area contributed by atoms with E-state index in [2.05, 4.69) is 20.9 Å². The predicted octanol–water partition coefficient (Wildman–Crippen LogP) is 5.26. The molecule has 0 saturated carbocycles. The Morgan fingerprint density at radius 2 is 1.97 bits per heavy atom. The highest BCUT2D eigenvalue weighted by Crippen LogP contribution is 2.29. The summed E-state index contributed by atoms with van der Waals surface area (Å²) in [7, 11) is 1.65. The average Bonchev–Trinajstić information content (AvgIpc) is 3.25. The van der Waals surface area contributed by atoms with Gasteiger partial charge in [-0.05, 0) is 61.7 Å². The number of benzene rings is 2. The van der Waals surface area contributed by atoms with Crippen molar-refractivity contribution in [2.24, 2.45) is 0 Å². The summed E-state index contributed by atoms with van der Waals surface area (Å²) in [6.07, 6.45) is 9.00. The zero-order chi connectivity index (χ0) is 24.5. The van der Waals surface area contributed by atoms with Crippen molar-refractivity contribution in [3.05, 3.63) is 90.0 Å². The van der Waals surface area contributed by atoms with Gasteiger partial charge in [-0.3, -0.25) is 9.78 Å². The summed E-state index contributed by atoms with van der Waals surface area (Å²) < 4.78 is 13.6. The predicted molar refractivity (Wildman–Crippen MR) is 138 cm³/mol. The monoisotopic (exact) mass is 470 g/mol. The maximum Gasteiger partial charge on any atom is 0.253 e. The van der Waals surface area contributed by atoms with E-state index in [4.69, 9.17) is 14.5 Å². The van der Waals surface area contributed by atoms with E-state index in [9.17, 15) is 4.79 Å². The highest BCUT2D eigenvalue weighted by atomic mass is 16.5. The first-order valence-electron chi connectivity index (χ1n) is 11.8. The number of nitrogens with one attached hydrogen (secondary N) is 1. The lowest BCUT2D eigenvalue weighted by Crippen LogP contribution is -2.25. The van der Waals surface area contributed by atoms with Crippen LogP contribution in [0.3, 0.4) is 0 Å². The number of carbonyl (C=O) groups excluding carboxylic acids is 1. The van der Waals surface area contributed by atoms with Crippen LogP contribution in [0.4, 0.5) is 0 Å². The average molecular weight is 471 g/mol. The Morgan fingerprint density at radius 3 is 2.77 bits per heavy atom. The number of imidazole rings is 1. The van der Waals surface area contributed by atoms with Crippen LogP contribution in [0.2, 0.25) is 0 Å². The number of ether oxygens (including phenoxy) is 2. The van der Waals surface area contributed by atoms with Crippen molar-refractivity contribution >= 4 is 23.0 Å². The van der Waals surface area contributed by atoms with Crippen molar-refractivity contribution in [3.63, 3.8) is 0 Å². The molecule has 2 aromatic heterocycles. The van der Waals surface area contributed by atoms with Crippen LogP contribution in [0, 0.1) is 0 Å². The highest BCUT2D eigenvalue weighted by molar-refractivity contribution is 5.93. The first kappa shape index (κ1) is 24.0. The fourth-order valence-corrected chi connectivity index (χ4v) is 3.92. The normalized spacial score (nSPS) is 11.1. The molecule has 0 aliphatic heterocycles. The highest BCUT2D eigenvalue weighted by Gasteiger charge is 2.13. The lowest BCUT2D eigenvalue weighted by atomic mass is 10.2. The van der Waals surface area contributed by atoms with Crippen LogP contribution in [0.1, 0.15) is 41.5 Å². The second-order valence-electron chi connectivity index (χ2n) is 8.06. The number of hydrogen-bond acceptors (Lipinski definition) is 5. The van der Waals surface area contributed by atoms with E-state index < -0.39 is 0 Å². The maximum atomic E-state index is 12.5. The van der Waals surface area contributed by atoms with Crippen molar-refractivity contribution in [1.82, 2.24) is 19.9 Å². The van der Waals surface area contributed by atoms with Gasteiger partial charge in [0.25, 0.3) is 5.91 Å². The number of allylic oxidation sites excluding steroid dienone is 1. The van der Waals surface area contributed by atoms with Crippen LogP contribution in [-0.4, -0.2) is 34.2 Å². The standard InChI is InChI=1S/C28H30N4O3/c1-3-9-21-13-14-25(26(18-21)34-2)35-17-7-6-16-32-24-12-5-4-11-23(24)31-27(32)20-30-28(33)22-10-8-15-29-19-22/h3-5,8-15,18-19H,6-7,16-17,20H2,1-2H3,(H,30,33)/b9-3+. The molecular weight excluding hydrogens is 440 g/mol. The molecule has 0 unspecified atom stereocenters. The van der Waals surface area contributed by atoms with Gasteiger partial charge in [-0.15, -0.1) is 0 Å². The molecule has 0 bridgehead atoms. The van der Waals surface area contributed by atoms with Gasteiger partial charge in [0.15, 0.2) is 11.5 Å². The Hall–Kier alpha value is -4.13. The number of nitrogens with zero attached hydrogens (tertiary/aromatic N) is 3. The summed E-state index contributed by atoms with van der Waals surface area (Å²) in [6.45, 7) is 3.69. The van der Waals surface area contributed by atoms with Gasteiger partial charge < -0.3 is 19.4 Å². The van der Waals surface area contributed by atoms with Gasteiger partial charge in [-0.1, -0.05) is 30.4 Å². The molecule has 2 aromatic carbocycles. The molecule has 35 heavy (non-hydrogen) atoms. The zero-order valence-corrected chi connectivity index (χ0v) is 20.1. The Labute approximate surface area is 205 Å². The summed E-state index contributed by atoms with van der Waals surface area (Å²) in [5.74, 6) is 2.13. The minimum absolute atomic E-state index is 0.167. The number of fused-ring (bicyclic) bond motifs is 1. The van der Waals surface area contributed by atoms with E-state index in [-0.39, 0.29) is 5.91 Å². The minimum Gasteiger partial charge on any atom is -0.493 e. The van der Waals surface area contributed by atoms with Crippen molar-refractivity contribution in [2.45, 2.75) is 32.9 Å². The lowest BCUT2D eigenvalue weighted by molar-refractivity contribution is 0.0949. The van der Waals surface area contributed by atoms with Crippen LogP contribution in [0.5, 0.6) is 11.5 Å². The van der Waals surface area contributed by atoms with Crippen LogP contribution < -0.4 is 14.8 Å². The largest absolute Gasteiger partial charge is 0.493 e. The van der Waals surface area contributed by atoms with E-state index >= 15 is 0 Å². The van der Waals surface area contributed by atoms with E-state index in [1.807, 2.05) is 55.5 Å². The molecule has 4 rings (SSSR count). The van der Waals surface area contributed by atoms with Gasteiger partial charge in [0.1, 0.15) is 5.82 Å². The number of para-hydroxylation sites is 2. The molecule has 0 radical (unpaired) electrons. The van der Waals surface area contributed by atoms with Crippen LogP contribution in [-0.2, 0) is 13.1 Å². The summed E-state index contributed by atoms with van der Waals surface area (Å²) in [5.41, 5.74) is 3.58. The second kappa shape index (κ2) is 11.8. The van der Waals surface area contributed by atoms with Crippen LogP contribution in [0.15, 0.2) is 73.1 Å². The molecule has 1 N–H and O–H groups in total. The van der Waals surface area contributed by atoms with Gasteiger partial charge in [-0.25, -0.2) is 4.98 Å². The van der Waals surface area contributed by atoms with E-state index in [0.29, 0.717) is 18.7 Å². The maximum absolute atomic E-state index is 12.5. The third-order valence-corrected chi connectivity index (χ3v) is 5.64. The SMILES string of the molecule is C/C=C/c1ccc(OCCCCn2c(CNC(=O)c3cccnc3)nc3ccccc32)c(OC)c1. The van der Waals surface area contributed by atoms with Crippen LogP contribution in [0.25, 0.3) is 17.1 Å². The molecule has 180 valence electrons. The van der Waals surface area contributed by atoms with Gasteiger partial charge >= 0.3 is 0 Å². The zero-order valence-electron chi connectivity index (χ0n) is 20.1. The number of carbonyl (C=O) groups is 1. The van der Waals surface area contributed by atoms with Crippen LogP contribution >= 0.6 is 0 Å². The molecule has 0 atom stereocenters. The number of unbranched alkanes of at least 4 members (excludes halogenated alkanes) is 1. The Morgan fingerprint density at radius 1 is 1.09 bits per heavy atom. The van der Waals surface area contributed by atoms with E-state index in [1.165, 1.54) is 0 Å². The molecule has 4 aromatic rings. The molecule has 0 aliphatic rings. The molecule has 0 spiro atoms. The number of amides is 1. The first-order valence-corrected chi connectivity index (χ1v) is 11.8. The van der Waals surface area contributed by atoms with Gasteiger partial charge in [0.05, 0.1) is 36.9 Å². The molecule has 0 aliphatic carbocycles. The third-order valence-electron chi connectivity index (χ3n) is 5.64. The van der Waals surface area contributed by atoms with Gasteiger partial charge in [0.2, 0.25) is 0 Å². The quantitative estimate of drug-likeness (QED) is 0.303. The van der Waals surface area contributed by atoms with E-state index in [1.54, 1.807) is 31.6 Å². The van der Waals surface area contributed by atoms with Crippen molar-refractivity contribution < 1.29 is 14.3 Å². The molecule has 2 heterocycles. The molecule has 7 heteroatoms. The number of pyridine rings is 1. The number of rotatable bonds is 11. The summed E-state index contributed by atoms with van der Waals surface area (Å²) in [5, 5.41) is 2.96.